The molecule has 1 heterocycles. The molecule has 0 unspecified atom stereocenters. The number of benzene rings is 1. The van der Waals surface area contributed by atoms with E-state index in [9.17, 15) is 4.79 Å². The van der Waals surface area contributed by atoms with E-state index in [0.717, 1.165) is 11.3 Å². The molecule has 0 saturated carbocycles. The van der Waals surface area contributed by atoms with Crippen LogP contribution in [0.2, 0.25) is 0 Å². The largest absolute Gasteiger partial charge is 0.489 e. The smallest absolute Gasteiger partial charge is 0.288 e. The summed E-state index contributed by atoms with van der Waals surface area (Å²) in [4.78, 5) is 11.9. The molecule has 2 aromatic rings. The molecule has 1 atom stereocenters. The number of carbonyl (C=O) groups is 1. The number of carbonyl (C=O) groups excluding carboxylic acids is 1. The summed E-state index contributed by atoms with van der Waals surface area (Å²) < 4.78 is 11.5. The predicted octanol–water partition coefficient (Wildman–Crippen LogP) is 3.55. The average molecular weight is 338 g/mol. The van der Waals surface area contributed by atoms with E-state index in [4.69, 9.17) is 9.15 Å². The molecule has 2 rings (SSSR count). The Labute approximate surface area is 126 Å². The second-order valence-corrected chi connectivity index (χ2v) is 5.36. The van der Waals surface area contributed by atoms with E-state index in [1.54, 1.807) is 6.07 Å². The summed E-state index contributed by atoms with van der Waals surface area (Å²) in [5, 5.41) is 2.78. The quantitative estimate of drug-likeness (QED) is 0.907. The van der Waals surface area contributed by atoms with Crippen LogP contribution in [0.4, 0.5) is 0 Å². The van der Waals surface area contributed by atoms with Crippen molar-refractivity contribution in [3.63, 3.8) is 0 Å². The molecule has 1 aromatic carbocycles. The Bertz CT molecular complexity index is 594. The van der Waals surface area contributed by atoms with Gasteiger partial charge in [-0.15, -0.1) is 0 Å². The number of amides is 1. The molecule has 0 spiro atoms. The van der Waals surface area contributed by atoms with Crippen LogP contribution in [0.3, 0.4) is 0 Å². The normalized spacial score (nSPS) is 11.9. The van der Waals surface area contributed by atoms with Crippen molar-refractivity contribution >= 4 is 21.8 Å². The van der Waals surface area contributed by atoms with Gasteiger partial charge in [0, 0.05) is 0 Å². The molecule has 1 N–H and O–H groups in total. The van der Waals surface area contributed by atoms with Gasteiger partial charge in [-0.1, -0.05) is 18.2 Å². The number of ether oxygens (including phenoxy) is 1. The summed E-state index contributed by atoms with van der Waals surface area (Å²) in [5.74, 6) is 0.837. The minimum atomic E-state index is -0.262. The van der Waals surface area contributed by atoms with E-state index in [2.05, 4.69) is 21.2 Å². The number of furan rings is 1. The van der Waals surface area contributed by atoms with E-state index in [1.165, 1.54) is 6.26 Å². The van der Waals surface area contributed by atoms with Gasteiger partial charge in [-0.2, -0.15) is 0 Å². The lowest BCUT2D eigenvalue weighted by molar-refractivity contribution is 0.0903. The fourth-order valence-corrected chi connectivity index (χ4v) is 2.10. The number of nitrogens with one attached hydrogen (secondary N) is 1. The van der Waals surface area contributed by atoms with Crippen molar-refractivity contribution in [2.24, 2.45) is 0 Å². The molecule has 0 saturated heterocycles. The van der Waals surface area contributed by atoms with Crippen molar-refractivity contribution in [3.05, 3.63) is 52.4 Å². The van der Waals surface area contributed by atoms with E-state index in [1.807, 2.05) is 38.1 Å². The van der Waals surface area contributed by atoms with Crippen LogP contribution >= 0.6 is 15.9 Å². The first-order chi connectivity index (χ1) is 9.58. The van der Waals surface area contributed by atoms with Gasteiger partial charge in [0.1, 0.15) is 11.9 Å². The second kappa shape index (κ2) is 6.61. The van der Waals surface area contributed by atoms with Crippen molar-refractivity contribution in [1.82, 2.24) is 5.32 Å². The summed E-state index contributed by atoms with van der Waals surface area (Å²) in [6.45, 7) is 4.30. The molecule has 4 nitrogen and oxygen atoms in total. The summed E-state index contributed by atoms with van der Waals surface area (Å²) in [5.41, 5.74) is 1.07. The van der Waals surface area contributed by atoms with Crippen molar-refractivity contribution in [3.8, 4) is 5.75 Å². The molecule has 0 radical (unpaired) electrons. The Kier molecular flexibility index (Phi) is 4.84. The zero-order valence-electron chi connectivity index (χ0n) is 11.4. The first-order valence-electron chi connectivity index (χ1n) is 6.31. The van der Waals surface area contributed by atoms with E-state index >= 15 is 0 Å². The molecule has 0 bridgehead atoms. The van der Waals surface area contributed by atoms with Crippen molar-refractivity contribution < 1.29 is 13.9 Å². The predicted molar refractivity (Wildman–Crippen MR) is 80.0 cm³/mol. The maximum Gasteiger partial charge on any atom is 0.288 e. The monoisotopic (exact) mass is 337 g/mol. The molecule has 20 heavy (non-hydrogen) atoms. The third-order valence-electron chi connectivity index (χ3n) is 2.80. The van der Waals surface area contributed by atoms with Crippen LogP contribution in [-0.2, 0) is 0 Å². The average Bonchev–Trinajstić information content (AvgIpc) is 2.85. The van der Waals surface area contributed by atoms with Gasteiger partial charge in [-0.25, -0.2) is 0 Å². The highest BCUT2D eigenvalue weighted by molar-refractivity contribution is 9.10. The third-order valence-corrected chi connectivity index (χ3v) is 3.42. The second-order valence-electron chi connectivity index (χ2n) is 4.50. The summed E-state index contributed by atoms with van der Waals surface area (Å²) in [6.07, 6.45) is 1.33. The molecule has 0 fully saturated rings. The summed E-state index contributed by atoms with van der Waals surface area (Å²) in [6, 6.07) is 9.47. The molecule has 0 aliphatic heterocycles. The molecule has 1 amide bonds. The van der Waals surface area contributed by atoms with E-state index in [0.29, 0.717) is 11.0 Å². The standard InChI is InChI=1S/C15H16BrNO3/c1-10-5-3-4-6-13(10)20-11(2)9-17-15(18)14-12(16)7-8-19-14/h3-8,11H,9H2,1-2H3,(H,17,18)/t11-/m0/s1. The van der Waals surface area contributed by atoms with Gasteiger partial charge in [0.15, 0.2) is 0 Å². The van der Waals surface area contributed by atoms with Crippen LogP contribution in [0, 0.1) is 6.92 Å². The first kappa shape index (κ1) is 14.7. The topological polar surface area (TPSA) is 51.5 Å². The fraction of sp³-hybridized carbons (Fsp3) is 0.267. The van der Waals surface area contributed by atoms with Crippen molar-refractivity contribution in [2.45, 2.75) is 20.0 Å². The fourth-order valence-electron chi connectivity index (χ4n) is 1.72. The van der Waals surface area contributed by atoms with Crippen LogP contribution < -0.4 is 10.1 Å². The Morgan fingerprint density at radius 1 is 1.40 bits per heavy atom. The maximum absolute atomic E-state index is 11.9. The number of hydrogen-bond acceptors (Lipinski definition) is 3. The van der Waals surface area contributed by atoms with Gasteiger partial charge in [-0.3, -0.25) is 4.79 Å². The van der Waals surface area contributed by atoms with Crippen LogP contribution in [0.25, 0.3) is 0 Å². The lowest BCUT2D eigenvalue weighted by Gasteiger charge is -2.16. The zero-order chi connectivity index (χ0) is 14.5. The van der Waals surface area contributed by atoms with Gasteiger partial charge in [0.05, 0.1) is 17.3 Å². The molecule has 0 aliphatic rings. The highest BCUT2D eigenvalue weighted by atomic mass is 79.9. The maximum atomic E-state index is 11.9. The van der Waals surface area contributed by atoms with Gasteiger partial charge in [0.2, 0.25) is 5.76 Å². The molecular weight excluding hydrogens is 322 g/mol. The Balaban J connectivity index is 1.87. The van der Waals surface area contributed by atoms with Gasteiger partial charge in [0.25, 0.3) is 5.91 Å². The highest BCUT2D eigenvalue weighted by Gasteiger charge is 2.15. The third kappa shape index (κ3) is 3.63. The van der Waals surface area contributed by atoms with Crippen LogP contribution in [-0.4, -0.2) is 18.6 Å². The number of aryl methyl sites for hydroxylation is 1. The van der Waals surface area contributed by atoms with Crippen LogP contribution in [0.15, 0.2) is 45.5 Å². The van der Waals surface area contributed by atoms with Gasteiger partial charge in [-0.05, 0) is 47.5 Å². The molecule has 1 aromatic heterocycles. The number of hydrogen-bond donors (Lipinski definition) is 1. The Morgan fingerprint density at radius 2 is 2.15 bits per heavy atom. The lowest BCUT2D eigenvalue weighted by atomic mass is 10.2. The lowest BCUT2D eigenvalue weighted by Crippen LogP contribution is -2.33. The molecule has 0 aliphatic carbocycles. The number of para-hydroxylation sites is 1. The Hall–Kier alpha value is -1.75. The van der Waals surface area contributed by atoms with Crippen molar-refractivity contribution in [2.75, 3.05) is 6.54 Å². The highest BCUT2D eigenvalue weighted by Crippen LogP contribution is 2.18. The van der Waals surface area contributed by atoms with Crippen LogP contribution in [0.1, 0.15) is 23.0 Å². The summed E-state index contributed by atoms with van der Waals surface area (Å²) >= 11 is 3.25. The first-order valence-corrected chi connectivity index (χ1v) is 7.10. The SMILES string of the molecule is Cc1ccccc1O[C@@H](C)CNC(=O)c1occc1Br. The minimum absolute atomic E-state index is 0.131. The summed E-state index contributed by atoms with van der Waals surface area (Å²) in [7, 11) is 0. The molecule has 5 heteroatoms. The molecule has 106 valence electrons. The zero-order valence-corrected chi connectivity index (χ0v) is 12.9. The van der Waals surface area contributed by atoms with E-state index in [-0.39, 0.29) is 17.8 Å². The number of rotatable bonds is 5. The Morgan fingerprint density at radius 3 is 2.80 bits per heavy atom. The minimum Gasteiger partial charge on any atom is -0.489 e. The van der Waals surface area contributed by atoms with E-state index < -0.39 is 0 Å². The number of halogens is 1. The molecular formula is C15H16BrNO3. The van der Waals surface area contributed by atoms with Gasteiger partial charge >= 0.3 is 0 Å². The van der Waals surface area contributed by atoms with Crippen molar-refractivity contribution in [1.29, 1.82) is 0 Å². The van der Waals surface area contributed by atoms with Gasteiger partial charge < -0.3 is 14.5 Å². The van der Waals surface area contributed by atoms with Crippen LogP contribution in [0.5, 0.6) is 5.75 Å².